The molecule has 1 aromatic heterocycles. The highest BCUT2D eigenvalue weighted by Gasteiger charge is 2.35. The summed E-state index contributed by atoms with van der Waals surface area (Å²) in [5, 5.41) is 17.3. The fourth-order valence-corrected chi connectivity index (χ4v) is 1.80. The average molecular weight is 182 g/mol. The van der Waals surface area contributed by atoms with Crippen molar-refractivity contribution < 1.29 is 5.11 Å². The number of aliphatic hydroxyl groups is 1. The molecule has 5 heteroatoms. The lowest BCUT2D eigenvalue weighted by molar-refractivity contribution is 0.000718. The molecule has 72 valence electrons. The lowest BCUT2D eigenvalue weighted by Gasteiger charge is -2.31. The molecule has 0 saturated carbocycles. The van der Waals surface area contributed by atoms with Gasteiger partial charge in [0.25, 0.3) is 0 Å². The largest absolute Gasteiger partial charge is 0.381 e. The van der Waals surface area contributed by atoms with E-state index in [9.17, 15) is 5.11 Å². The summed E-state index contributed by atoms with van der Waals surface area (Å²) in [6.45, 7) is 1.54. The van der Waals surface area contributed by atoms with Crippen LogP contribution in [0.1, 0.15) is 18.7 Å². The van der Waals surface area contributed by atoms with Gasteiger partial charge in [-0.2, -0.15) is 5.10 Å². The molecule has 1 atom stereocenters. The van der Waals surface area contributed by atoms with Crippen molar-refractivity contribution in [2.24, 2.45) is 7.05 Å². The van der Waals surface area contributed by atoms with Crippen LogP contribution in [0.25, 0.3) is 0 Å². The Morgan fingerprint density at radius 3 is 3.08 bits per heavy atom. The molecular weight excluding hydrogens is 168 g/mol. The lowest BCUT2D eigenvalue weighted by atomic mass is 9.93. The SMILES string of the molecule is Cn1ncnc1C1(O)CCCNC1. The van der Waals surface area contributed by atoms with Gasteiger partial charge in [0.05, 0.1) is 0 Å². The van der Waals surface area contributed by atoms with Gasteiger partial charge < -0.3 is 10.4 Å². The molecule has 0 aromatic carbocycles. The first-order valence-electron chi connectivity index (χ1n) is 4.50. The van der Waals surface area contributed by atoms with Crippen molar-refractivity contribution in [2.75, 3.05) is 13.1 Å². The van der Waals surface area contributed by atoms with E-state index in [2.05, 4.69) is 15.4 Å². The zero-order valence-corrected chi connectivity index (χ0v) is 7.69. The van der Waals surface area contributed by atoms with Crippen LogP contribution >= 0.6 is 0 Å². The van der Waals surface area contributed by atoms with Crippen LogP contribution in [0.5, 0.6) is 0 Å². The van der Waals surface area contributed by atoms with Crippen molar-refractivity contribution in [3.8, 4) is 0 Å². The van der Waals surface area contributed by atoms with E-state index in [0.717, 1.165) is 19.4 Å². The van der Waals surface area contributed by atoms with Gasteiger partial charge in [-0.3, -0.25) is 4.68 Å². The Hall–Kier alpha value is -0.940. The molecule has 1 aliphatic heterocycles. The van der Waals surface area contributed by atoms with Gasteiger partial charge in [0.1, 0.15) is 11.9 Å². The highest BCUT2D eigenvalue weighted by molar-refractivity contribution is 5.03. The predicted molar refractivity (Wildman–Crippen MR) is 47.0 cm³/mol. The molecule has 2 rings (SSSR count). The third kappa shape index (κ3) is 1.45. The van der Waals surface area contributed by atoms with Crippen LogP contribution < -0.4 is 5.32 Å². The summed E-state index contributed by atoms with van der Waals surface area (Å²) in [5.41, 5.74) is -0.830. The Morgan fingerprint density at radius 1 is 1.69 bits per heavy atom. The molecule has 1 unspecified atom stereocenters. The fourth-order valence-electron chi connectivity index (χ4n) is 1.80. The van der Waals surface area contributed by atoms with E-state index in [0.29, 0.717) is 12.4 Å². The van der Waals surface area contributed by atoms with Gasteiger partial charge in [-0.15, -0.1) is 0 Å². The molecule has 2 N–H and O–H groups in total. The first-order chi connectivity index (χ1) is 6.22. The first-order valence-corrected chi connectivity index (χ1v) is 4.50. The van der Waals surface area contributed by atoms with E-state index >= 15 is 0 Å². The number of hydrogen-bond donors (Lipinski definition) is 2. The summed E-state index contributed by atoms with van der Waals surface area (Å²) in [5.74, 6) is 0.653. The molecule has 0 radical (unpaired) electrons. The maximum Gasteiger partial charge on any atom is 0.159 e. The van der Waals surface area contributed by atoms with E-state index < -0.39 is 5.60 Å². The van der Waals surface area contributed by atoms with Crippen molar-refractivity contribution in [1.29, 1.82) is 0 Å². The van der Waals surface area contributed by atoms with Crippen LogP contribution in [0.2, 0.25) is 0 Å². The number of aryl methyl sites for hydroxylation is 1. The van der Waals surface area contributed by atoms with E-state index in [-0.39, 0.29) is 0 Å². The van der Waals surface area contributed by atoms with Crippen LogP contribution in [-0.2, 0) is 12.6 Å². The molecule has 1 fully saturated rings. The minimum atomic E-state index is -0.830. The standard InChI is InChI=1S/C8H14N4O/c1-12-7(10-6-11-12)8(13)3-2-4-9-5-8/h6,9,13H,2-5H2,1H3. The summed E-state index contributed by atoms with van der Waals surface area (Å²) in [6.07, 6.45) is 3.21. The quantitative estimate of drug-likeness (QED) is 0.608. The van der Waals surface area contributed by atoms with Crippen molar-refractivity contribution in [3.63, 3.8) is 0 Å². The maximum absolute atomic E-state index is 10.2. The van der Waals surface area contributed by atoms with E-state index in [1.807, 2.05) is 0 Å². The molecular formula is C8H14N4O. The third-order valence-corrected chi connectivity index (χ3v) is 2.49. The Labute approximate surface area is 76.8 Å². The Bertz CT molecular complexity index is 290. The summed E-state index contributed by atoms with van der Waals surface area (Å²) in [6, 6.07) is 0. The topological polar surface area (TPSA) is 63.0 Å². The number of hydrogen-bond acceptors (Lipinski definition) is 4. The molecule has 0 spiro atoms. The molecule has 5 nitrogen and oxygen atoms in total. The zero-order valence-electron chi connectivity index (χ0n) is 7.69. The fraction of sp³-hybridized carbons (Fsp3) is 0.750. The Morgan fingerprint density at radius 2 is 2.54 bits per heavy atom. The van der Waals surface area contributed by atoms with E-state index in [4.69, 9.17) is 0 Å². The van der Waals surface area contributed by atoms with Crippen molar-refractivity contribution >= 4 is 0 Å². The van der Waals surface area contributed by atoms with Gasteiger partial charge >= 0.3 is 0 Å². The van der Waals surface area contributed by atoms with Crippen LogP contribution in [0.15, 0.2) is 6.33 Å². The second-order valence-corrected chi connectivity index (χ2v) is 3.52. The molecule has 0 amide bonds. The molecule has 0 aliphatic carbocycles. The Kier molecular flexibility index (Phi) is 2.05. The third-order valence-electron chi connectivity index (χ3n) is 2.49. The van der Waals surface area contributed by atoms with Gasteiger partial charge in [-0.05, 0) is 19.4 Å². The molecule has 1 aliphatic rings. The normalized spacial score (nSPS) is 29.1. The summed E-state index contributed by atoms with van der Waals surface area (Å²) < 4.78 is 1.63. The first kappa shape index (κ1) is 8.65. The minimum absolute atomic E-state index is 0.569. The number of rotatable bonds is 1. The van der Waals surface area contributed by atoms with Gasteiger partial charge in [0.2, 0.25) is 0 Å². The second-order valence-electron chi connectivity index (χ2n) is 3.52. The van der Waals surface area contributed by atoms with Crippen LogP contribution in [0.4, 0.5) is 0 Å². The van der Waals surface area contributed by atoms with Crippen LogP contribution in [0, 0.1) is 0 Å². The number of nitrogens with one attached hydrogen (secondary N) is 1. The summed E-state index contributed by atoms with van der Waals surface area (Å²) in [4.78, 5) is 4.07. The number of piperidine rings is 1. The number of aromatic nitrogens is 3. The van der Waals surface area contributed by atoms with Gasteiger partial charge in [-0.1, -0.05) is 0 Å². The number of β-amino-alcohol motifs (C(OH)–C–C–N with tert-alkyl or cyclic N) is 1. The van der Waals surface area contributed by atoms with E-state index in [1.165, 1.54) is 6.33 Å². The van der Waals surface area contributed by atoms with Crippen molar-refractivity contribution in [2.45, 2.75) is 18.4 Å². The second kappa shape index (κ2) is 3.08. The number of nitrogens with zero attached hydrogens (tertiary/aromatic N) is 3. The average Bonchev–Trinajstić information content (AvgIpc) is 2.53. The van der Waals surface area contributed by atoms with Gasteiger partial charge in [0.15, 0.2) is 5.82 Å². The zero-order chi connectivity index (χ0) is 9.31. The predicted octanol–water partition coefficient (Wildman–Crippen LogP) is -0.614. The van der Waals surface area contributed by atoms with Crippen LogP contribution in [-0.4, -0.2) is 33.0 Å². The van der Waals surface area contributed by atoms with Gasteiger partial charge in [0, 0.05) is 13.6 Å². The highest BCUT2D eigenvalue weighted by Crippen LogP contribution is 2.25. The van der Waals surface area contributed by atoms with Gasteiger partial charge in [-0.25, -0.2) is 4.98 Å². The Balaban J connectivity index is 2.27. The summed E-state index contributed by atoms with van der Waals surface area (Å²) in [7, 11) is 1.80. The van der Waals surface area contributed by atoms with E-state index in [1.54, 1.807) is 11.7 Å². The molecule has 0 bridgehead atoms. The lowest BCUT2D eigenvalue weighted by Crippen LogP contribution is -2.44. The minimum Gasteiger partial charge on any atom is -0.381 e. The van der Waals surface area contributed by atoms with Crippen molar-refractivity contribution in [3.05, 3.63) is 12.2 Å². The smallest absolute Gasteiger partial charge is 0.159 e. The van der Waals surface area contributed by atoms with Crippen LogP contribution in [0.3, 0.4) is 0 Å². The molecule has 1 aromatic rings. The highest BCUT2D eigenvalue weighted by atomic mass is 16.3. The van der Waals surface area contributed by atoms with Crippen molar-refractivity contribution in [1.82, 2.24) is 20.1 Å². The molecule has 13 heavy (non-hydrogen) atoms. The maximum atomic E-state index is 10.2. The monoisotopic (exact) mass is 182 g/mol. The molecule has 2 heterocycles. The summed E-state index contributed by atoms with van der Waals surface area (Å²) >= 11 is 0. The molecule has 1 saturated heterocycles.